The van der Waals surface area contributed by atoms with Gasteiger partial charge in [0, 0.05) is 29.9 Å². The number of carbonyl (C=O) groups excluding carboxylic acids is 2. The molecular weight excluding hydrogens is 414 g/mol. The van der Waals surface area contributed by atoms with E-state index in [0.717, 1.165) is 17.7 Å². The molecule has 1 fully saturated rings. The van der Waals surface area contributed by atoms with Gasteiger partial charge >= 0.3 is 0 Å². The number of rotatable bonds is 6. The zero-order valence-corrected chi connectivity index (χ0v) is 17.3. The number of benzene rings is 2. The lowest BCUT2D eigenvalue weighted by molar-refractivity contribution is -0.122. The van der Waals surface area contributed by atoms with Crippen LogP contribution in [-0.2, 0) is 4.79 Å². The summed E-state index contributed by atoms with van der Waals surface area (Å²) < 4.78 is 34.1. The normalized spacial score (nSPS) is 18.9. The van der Waals surface area contributed by atoms with Gasteiger partial charge < -0.3 is 15.4 Å². The Morgan fingerprint density at radius 2 is 1.93 bits per heavy atom. The fourth-order valence-corrected chi connectivity index (χ4v) is 3.99. The van der Waals surface area contributed by atoms with Crippen LogP contribution in [0.4, 0.5) is 8.78 Å². The van der Waals surface area contributed by atoms with E-state index in [1.54, 1.807) is 18.2 Å². The number of aryl methyl sites for hydroxylation is 1. The first-order chi connectivity index (χ1) is 14.2. The first kappa shape index (κ1) is 22.0. The minimum absolute atomic E-state index is 0.0108. The van der Waals surface area contributed by atoms with E-state index in [1.165, 1.54) is 11.0 Å². The van der Waals surface area contributed by atoms with Gasteiger partial charge in [-0.3, -0.25) is 9.59 Å². The quantitative estimate of drug-likeness (QED) is 0.740. The molecule has 8 heteroatoms. The molecule has 3 rings (SSSR count). The fourth-order valence-electron chi connectivity index (χ4n) is 3.87. The van der Waals surface area contributed by atoms with E-state index in [9.17, 15) is 18.4 Å². The van der Waals surface area contributed by atoms with Gasteiger partial charge in [-0.05, 0) is 55.7 Å². The van der Waals surface area contributed by atoms with Crippen molar-refractivity contribution in [3.63, 3.8) is 0 Å². The van der Waals surface area contributed by atoms with E-state index in [-0.39, 0.29) is 19.6 Å². The Labute approximate surface area is 178 Å². The second-order valence-electron chi connectivity index (χ2n) is 7.77. The molecule has 1 aliphatic heterocycles. The van der Waals surface area contributed by atoms with Crippen molar-refractivity contribution in [2.45, 2.75) is 26.2 Å². The Hall–Kier alpha value is -2.67. The summed E-state index contributed by atoms with van der Waals surface area (Å²) in [5.41, 5.74) is 4.96. The third kappa shape index (κ3) is 4.90. The molecule has 1 saturated heterocycles. The molecular formula is C22H23ClF2N2O3. The van der Waals surface area contributed by atoms with Crippen LogP contribution in [0, 0.1) is 24.0 Å². The average Bonchev–Trinajstić information content (AvgIpc) is 2.68. The van der Waals surface area contributed by atoms with Gasteiger partial charge in [-0.25, -0.2) is 8.78 Å². The Morgan fingerprint density at radius 3 is 2.57 bits per heavy atom. The number of carbonyl (C=O) groups is 2. The predicted molar refractivity (Wildman–Crippen MR) is 109 cm³/mol. The molecule has 5 nitrogen and oxygen atoms in total. The molecule has 0 saturated carbocycles. The van der Waals surface area contributed by atoms with Gasteiger partial charge in [0.05, 0.1) is 6.61 Å². The molecule has 0 spiro atoms. The Balaban J connectivity index is 1.82. The summed E-state index contributed by atoms with van der Waals surface area (Å²) in [5, 5.41) is 0.607. The van der Waals surface area contributed by atoms with E-state index < -0.39 is 34.4 Å². The van der Waals surface area contributed by atoms with Gasteiger partial charge in [0.1, 0.15) is 22.9 Å². The van der Waals surface area contributed by atoms with Crippen LogP contribution < -0.4 is 10.5 Å². The molecule has 0 aliphatic carbocycles. The number of nitrogens with zero attached hydrogens (tertiary/aromatic N) is 1. The van der Waals surface area contributed by atoms with Crippen molar-refractivity contribution in [3.8, 4) is 5.75 Å². The van der Waals surface area contributed by atoms with Gasteiger partial charge in [0.15, 0.2) is 0 Å². The van der Waals surface area contributed by atoms with Gasteiger partial charge in [-0.15, -0.1) is 0 Å². The lowest BCUT2D eigenvalue weighted by Gasteiger charge is -2.42. The topological polar surface area (TPSA) is 72.6 Å². The highest BCUT2D eigenvalue weighted by Gasteiger charge is 2.40. The van der Waals surface area contributed by atoms with E-state index in [0.29, 0.717) is 30.2 Å². The number of piperidine rings is 1. The van der Waals surface area contributed by atoms with Crippen LogP contribution in [0.15, 0.2) is 36.4 Å². The molecule has 0 radical (unpaired) electrons. The minimum Gasteiger partial charge on any atom is -0.493 e. The molecule has 30 heavy (non-hydrogen) atoms. The first-order valence-corrected chi connectivity index (χ1v) is 9.99. The highest BCUT2D eigenvalue weighted by molar-refractivity contribution is 6.31. The summed E-state index contributed by atoms with van der Waals surface area (Å²) in [4.78, 5) is 26.0. The third-order valence-corrected chi connectivity index (χ3v) is 5.77. The fraction of sp³-hybridized carbons (Fsp3) is 0.364. The first-order valence-electron chi connectivity index (χ1n) is 9.61. The van der Waals surface area contributed by atoms with Crippen LogP contribution in [0.1, 0.15) is 35.2 Å². The van der Waals surface area contributed by atoms with Crippen LogP contribution in [0.3, 0.4) is 0 Å². The Morgan fingerprint density at radius 1 is 1.23 bits per heavy atom. The maximum atomic E-state index is 14.1. The third-order valence-electron chi connectivity index (χ3n) is 5.35. The number of hydrogen-bond acceptors (Lipinski definition) is 3. The Kier molecular flexibility index (Phi) is 6.61. The van der Waals surface area contributed by atoms with Crippen molar-refractivity contribution in [2.24, 2.45) is 11.1 Å². The van der Waals surface area contributed by atoms with Crippen molar-refractivity contribution >= 4 is 23.4 Å². The SMILES string of the molecule is Cc1cc(OC[C@]2(CC(N)=O)CCCN(C(=O)c3c(F)cccc3F)C2)ccc1Cl. The largest absolute Gasteiger partial charge is 0.493 e. The van der Waals surface area contributed by atoms with E-state index in [4.69, 9.17) is 22.1 Å². The number of primary amides is 1. The maximum Gasteiger partial charge on any atom is 0.259 e. The molecule has 0 unspecified atom stereocenters. The second-order valence-corrected chi connectivity index (χ2v) is 8.18. The highest BCUT2D eigenvalue weighted by Crippen LogP contribution is 2.35. The number of amides is 2. The zero-order valence-electron chi connectivity index (χ0n) is 16.6. The van der Waals surface area contributed by atoms with Crippen LogP contribution in [0.5, 0.6) is 5.75 Å². The smallest absolute Gasteiger partial charge is 0.259 e. The molecule has 0 aromatic heterocycles. The van der Waals surface area contributed by atoms with Crippen LogP contribution >= 0.6 is 11.6 Å². The number of nitrogens with two attached hydrogens (primary N) is 1. The van der Waals surface area contributed by atoms with Crippen LogP contribution in [0.2, 0.25) is 5.02 Å². The minimum atomic E-state index is -0.918. The maximum absolute atomic E-state index is 14.1. The molecule has 2 amide bonds. The lowest BCUT2D eigenvalue weighted by Crippen LogP contribution is -2.50. The van der Waals surface area contributed by atoms with Gasteiger partial charge in [0.2, 0.25) is 5.91 Å². The van der Waals surface area contributed by atoms with Gasteiger partial charge in [-0.1, -0.05) is 17.7 Å². The highest BCUT2D eigenvalue weighted by atomic mass is 35.5. The molecule has 2 aromatic carbocycles. The molecule has 0 bridgehead atoms. The molecule has 1 aliphatic rings. The van der Waals surface area contributed by atoms with Crippen molar-refractivity contribution in [2.75, 3.05) is 19.7 Å². The summed E-state index contributed by atoms with van der Waals surface area (Å²) in [6.45, 7) is 2.40. The predicted octanol–water partition coefficient (Wildman–Crippen LogP) is 4.10. The summed E-state index contributed by atoms with van der Waals surface area (Å²) in [7, 11) is 0. The summed E-state index contributed by atoms with van der Waals surface area (Å²) in [6.07, 6.45) is 1.13. The van der Waals surface area contributed by atoms with Crippen molar-refractivity contribution in [1.29, 1.82) is 0 Å². The van der Waals surface area contributed by atoms with Gasteiger partial charge in [-0.2, -0.15) is 0 Å². The monoisotopic (exact) mass is 436 g/mol. The molecule has 1 atom stereocenters. The van der Waals surface area contributed by atoms with E-state index >= 15 is 0 Å². The summed E-state index contributed by atoms with van der Waals surface area (Å²) in [5.74, 6) is -2.54. The van der Waals surface area contributed by atoms with Crippen LogP contribution in [-0.4, -0.2) is 36.4 Å². The van der Waals surface area contributed by atoms with E-state index in [1.807, 2.05) is 6.92 Å². The second kappa shape index (κ2) is 9.00. The molecule has 2 aromatic rings. The number of hydrogen-bond donors (Lipinski definition) is 1. The summed E-state index contributed by atoms with van der Waals surface area (Å²) >= 11 is 6.04. The standard InChI is InChI=1S/C22H23ClF2N2O3/c1-14-10-15(6-7-16(14)23)30-13-22(11-19(26)28)8-3-9-27(12-22)21(29)20-17(24)4-2-5-18(20)25/h2,4-7,10H,3,8-9,11-13H2,1H3,(H2,26,28)/t22-/m0/s1. The zero-order chi connectivity index (χ0) is 21.9. The lowest BCUT2D eigenvalue weighted by atomic mass is 9.77. The van der Waals surface area contributed by atoms with Crippen molar-refractivity contribution in [3.05, 3.63) is 64.2 Å². The van der Waals surface area contributed by atoms with E-state index in [2.05, 4.69) is 0 Å². The average molecular weight is 437 g/mol. The van der Waals surface area contributed by atoms with Crippen LogP contribution in [0.25, 0.3) is 0 Å². The molecule has 1 heterocycles. The number of ether oxygens (including phenoxy) is 1. The van der Waals surface area contributed by atoms with Crippen molar-refractivity contribution in [1.82, 2.24) is 4.90 Å². The van der Waals surface area contributed by atoms with Crippen molar-refractivity contribution < 1.29 is 23.1 Å². The number of likely N-dealkylation sites (tertiary alicyclic amines) is 1. The summed E-state index contributed by atoms with van der Waals surface area (Å²) in [6, 6.07) is 8.50. The van der Waals surface area contributed by atoms with Gasteiger partial charge in [0.25, 0.3) is 5.91 Å². The Bertz CT molecular complexity index is 949. The number of halogens is 3. The molecule has 160 valence electrons. The molecule has 2 N–H and O–H groups in total.